The van der Waals surface area contributed by atoms with Gasteiger partial charge in [-0.15, -0.1) is 11.3 Å². The Balaban J connectivity index is 2.17. The summed E-state index contributed by atoms with van der Waals surface area (Å²) < 4.78 is 52.1. The molecule has 3 rings (SSSR count). The van der Waals surface area contributed by atoms with Crippen molar-refractivity contribution in [3.8, 4) is 21.7 Å². The molecule has 0 atom stereocenters. The van der Waals surface area contributed by atoms with E-state index in [-0.39, 0.29) is 16.3 Å². The summed E-state index contributed by atoms with van der Waals surface area (Å²) in [5.41, 5.74) is 4.93. The van der Waals surface area contributed by atoms with Crippen LogP contribution >= 0.6 is 11.3 Å². The Bertz CT molecular complexity index is 936. The molecule has 1 heterocycles. The van der Waals surface area contributed by atoms with Gasteiger partial charge in [0.2, 0.25) is 0 Å². The summed E-state index contributed by atoms with van der Waals surface area (Å²) in [6.07, 6.45) is -4.79. The summed E-state index contributed by atoms with van der Waals surface area (Å²) in [6, 6.07) is 11.4. The quantitative estimate of drug-likeness (QED) is 0.681. The van der Waals surface area contributed by atoms with Crippen LogP contribution in [-0.2, 0) is 6.18 Å². The largest absolute Gasteiger partial charge is 0.419 e. The van der Waals surface area contributed by atoms with Gasteiger partial charge in [0.25, 0.3) is 5.91 Å². The minimum Gasteiger partial charge on any atom is -0.364 e. The van der Waals surface area contributed by atoms with Crippen LogP contribution in [0.25, 0.3) is 21.7 Å². The SMILES string of the molecule is NC(=O)c1nc(-c2ccc(C(F)(F)F)c(F)c2)c(-c2ccccc2)s1. The molecule has 2 N–H and O–H groups in total. The summed E-state index contributed by atoms with van der Waals surface area (Å²) in [5.74, 6) is -2.17. The average molecular weight is 366 g/mol. The fourth-order valence-electron chi connectivity index (χ4n) is 2.30. The Morgan fingerprint density at radius 1 is 1.04 bits per heavy atom. The Labute approximate surface area is 143 Å². The van der Waals surface area contributed by atoms with E-state index < -0.39 is 23.5 Å². The van der Waals surface area contributed by atoms with Crippen molar-refractivity contribution in [1.29, 1.82) is 0 Å². The number of aromatic nitrogens is 1. The van der Waals surface area contributed by atoms with Crippen LogP contribution in [0.3, 0.4) is 0 Å². The molecule has 0 spiro atoms. The number of rotatable bonds is 3. The molecule has 2 aromatic carbocycles. The third-order valence-electron chi connectivity index (χ3n) is 3.42. The topological polar surface area (TPSA) is 56.0 Å². The Hall–Kier alpha value is -2.74. The van der Waals surface area contributed by atoms with Crippen molar-refractivity contribution in [1.82, 2.24) is 4.98 Å². The van der Waals surface area contributed by atoms with Gasteiger partial charge in [-0.1, -0.05) is 36.4 Å². The summed E-state index contributed by atoms with van der Waals surface area (Å²) >= 11 is 1.00. The molecule has 25 heavy (non-hydrogen) atoms. The van der Waals surface area contributed by atoms with E-state index in [1.54, 1.807) is 30.3 Å². The zero-order chi connectivity index (χ0) is 18.2. The second-order valence-electron chi connectivity index (χ2n) is 5.12. The van der Waals surface area contributed by atoms with Gasteiger partial charge in [-0.3, -0.25) is 4.79 Å². The van der Waals surface area contributed by atoms with Crippen LogP contribution in [0.5, 0.6) is 0 Å². The number of halogens is 4. The lowest BCUT2D eigenvalue weighted by Crippen LogP contribution is -2.10. The van der Waals surface area contributed by atoms with Gasteiger partial charge in [0.1, 0.15) is 5.82 Å². The molecule has 128 valence electrons. The molecule has 0 aliphatic heterocycles. The number of primary amides is 1. The van der Waals surface area contributed by atoms with Crippen molar-refractivity contribution in [3.05, 3.63) is 64.9 Å². The smallest absolute Gasteiger partial charge is 0.364 e. The highest BCUT2D eigenvalue weighted by Gasteiger charge is 2.34. The standard InChI is InChI=1S/C17H10F4N2OS/c18-12-8-10(6-7-11(12)17(19,20)21)13-14(9-4-2-1-3-5-9)25-16(23-13)15(22)24/h1-8H,(H2,22,24). The first-order valence-corrected chi connectivity index (χ1v) is 7.82. The van der Waals surface area contributed by atoms with E-state index >= 15 is 0 Å². The molecule has 1 aromatic heterocycles. The van der Waals surface area contributed by atoms with E-state index in [1.807, 2.05) is 0 Å². The van der Waals surface area contributed by atoms with Gasteiger partial charge in [0.05, 0.1) is 16.1 Å². The molecule has 3 aromatic rings. The van der Waals surface area contributed by atoms with Crippen LogP contribution < -0.4 is 5.73 Å². The molecular formula is C17H10F4N2OS. The van der Waals surface area contributed by atoms with Crippen LogP contribution in [0.2, 0.25) is 0 Å². The van der Waals surface area contributed by atoms with Crippen molar-refractivity contribution in [2.24, 2.45) is 5.73 Å². The Morgan fingerprint density at radius 3 is 2.28 bits per heavy atom. The van der Waals surface area contributed by atoms with Gasteiger partial charge >= 0.3 is 6.18 Å². The predicted octanol–water partition coefficient (Wildman–Crippen LogP) is 4.73. The molecule has 0 radical (unpaired) electrons. The van der Waals surface area contributed by atoms with Gasteiger partial charge in [-0.05, 0) is 17.7 Å². The van der Waals surface area contributed by atoms with E-state index in [4.69, 9.17) is 5.73 Å². The molecule has 0 aliphatic rings. The van der Waals surface area contributed by atoms with Crippen LogP contribution in [0.4, 0.5) is 17.6 Å². The molecule has 3 nitrogen and oxygen atoms in total. The maximum Gasteiger partial charge on any atom is 0.419 e. The molecule has 0 saturated heterocycles. The van der Waals surface area contributed by atoms with Crippen molar-refractivity contribution in [2.75, 3.05) is 0 Å². The molecule has 0 fully saturated rings. The van der Waals surface area contributed by atoms with Crippen LogP contribution in [0, 0.1) is 5.82 Å². The second kappa shape index (κ2) is 6.29. The highest BCUT2D eigenvalue weighted by Crippen LogP contribution is 2.39. The summed E-state index contributed by atoms with van der Waals surface area (Å²) in [5, 5.41) is -0.00541. The Morgan fingerprint density at radius 2 is 1.72 bits per heavy atom. The molecule has 8 heteroatoms. The fourth-order valence-corrected chi connectivity index (χ4v) is 3.24. The van der Waals surface area contributed by atoms with E-state index in [1.165, 1.54) is 0 Å². The maximum absolute atomic E-state index is 13.9. The first-order valence-electron chi connectivity index (χ1n) is 7.00. The molecule has 0 unspecified atom stereocenters. The van der Waals surface area contributed by atoms with Gasteiger partial charge in [0.15, 0.2) is 5.01 Å². The molecule has 1 amide bonds. The number of thiazole rings is 1. The van der Waals surface area contributed by atoms with E-state index in [9.17, 15) is 22.4 Å². The van der Waals surface area contributed by atoms with Crippen molar-refractivity contribution in [2.45, 2.75) is 6.18 Å². The predicted molar refractivity (Wildman–Crippen MR) is 86.5 cm³/mol. The number of alkyl halides is 3. The normalized spacial score (nSPS) is 11.5. The van der Waals surface area contributed by atoms with Crippen LogP contribution in [0.15, 0.2) is 48.5 Å². The van der Waals surface area contributed by atoms with E-state index in [0.717, 1.165) is 23.5 Å². The van der Waals surface area contributed by atoms with Gasteiger partial charge in [-0.2, -0.15) is 13.2 Å². The number of hydrogen-bond acceptors (Lipinski definition) is 3. The molecule has 0 saturated carbocycles. The maximum atomic E-state index is 13.9. The number of hydrogen-bond donors (Lipinski definition) is 1. The zero-order valence-electron chi connectivity index (χ0n) is 12.5. The lowest BCUT2D eigenvalue weighted by molar-refractivity contribution is -0.139. The van der Waals surface area contributed by atoms with Crippen LogP contribution in [0.1, 0.15) is 15.4 Å². The number of nitrogens with two attached hydrogens (primary N) is 1. The molecular weight excluding hydrogens is 356 g/mol. The number of benzene rings is 2. The number of carbonyl (C=O) groups excluding carboxylic acids is 1. The minimum absolute atomic E-state index is 0.00541. The number of carbonyl (C=O) groups is 1. The van der Waals surface area contributed by atoms with Gasteiger partial charge < -0.3 is 5.73 Å². The highest BCUT2D eigenvalue weighted by atomic mass is 32.1. The third kappa shape index (κ3) is 3.39. The summed E-state index contributed by atoms with van der Waals surface area (Å²) in [6.45, 7) is 0. The summed E-state index contributed by atoms with van der Waals surface area (Å²) in [7, 11) is 0. The molecule has 0 bridgehead atoms. The third-order valence-corrected chi connectivity index (χ3v) is 4.54. The first-order chi connectivity index (χ1) is 11.8. The fraction of sp³-hybridized carbons (Fsp3) is 0.0588. The number of nitrogens with zero attached hydrogens (tertiary/aromatic N) is 1. The average Bonchev–Trinajstić information content (AvgIpc) is 3.00. The van der Waals surface area contributed by atoms with Crippen molar-refractivity contribution in [3.63, 3.8) is 0 Å². The second-order valence-corrected chi connectivity index (χ2v) is 6.12. The number of amides is 1. The van der Waals surface area contributed by atoms with Gasteiger partial charge in [-0.25, -0.2) is 9.37 Å². The van der Waals surface area contributed by atoms with Crippen molar-refractivity contribution >= 4 is 17.2 Å². The minimum atomic E-state index is -4.79. The lowest BCUT2D eigenvalue weighted by atomic mass is 10.0. The monoisotopic (exact) mass is 366 g/mol. The summed E-state index contributed by atoms with van der Waals surface area (Å²) in [4.78, 5) is 16.0. The zero-order valence-corrected chi connectivity index (χ0v) is 13.3. The van der Waals surface area contributed by atoms with E-state index in [0.29, 0.717) is 16.5 Å². The highest BCUT2D eigenvalue weighted by molar-refractivity contribution is 7.17. The van der Waals surface area contributed by atoms with E-state index in [2.05, 4.69) is 4.98 Å². The Kier molecular flexibility index (Phi) is 4.30. The van der Waals surface area contributed by atoms with Gasteiger partial charge in [0, 0.05) is 5.56 Å². The van der Waals surface area contributed by atoms with Crippen LogP contribution in [-0.4, -0.2) is 10.9 Å². The first kappa shape index (κ1) is 17.1. The van der Waals surface area contributed by atoms with Crippen molar-refractivity contribution < 1.29 is 22.4 Å². The lowest BCUT2D eigenvalue weighted by Gasteiger charge is -2.09. The molecule has 0 aliphatic carbocycles.